The zero-order valence-electron chi connectivity index (χ0n) is 9.61. The van der Waals surface area contributed by atoms with Gasteiger partial charge in [-0.3, -0.25) is 4.98 Å². The summed E-state index contributed by atoms with van der Waals surface area (Å²) in [5.41, 5.74) is 0.914. The van der Waals surface area contributed by atoms with Gasteiger partial charge in [0.25, 0.3) is 0 Å². The van der Waals surface area contributed by atoms with Crippen LogP contribution >= 0.6 is 0 Å². The molecule has 0 spiro atoms. The molecule has 2 rings (SSSR count). The number of rotatable bonds is 3. The second-order valence-corrected chi connectivity index (χ2v) is 4.09. The first-order chi connectivity index (χ1) is 7.75. The largest absolute Gasteiger partial charge is 0.489 e. The molecule has 1 aromatic rings. The minimum atomic E-state index is 0.140. The molecule has 1 fully saturated rings. The molecular weight excluding hydrogens is 204 g/mol. The van der Waals surface area contributed by atoms with E-state index in [1.165, 1.54) is 4.90 Å². The lowest BCUT2D eigenvalue weighted by atomic mass is 10.3. The first kappa shape index (κ1) is 11.4. The molecule has 0 aromatic carbocycles. The Morgan fingerprint density at radius 1 is 1.69 bits per heavy atom. The Balaban J connectivity index is 1.85. The van der Waals surface area contributed by atoms with Crippen molar-refractivity contribution in [2.75, 3.05) is 26.3 Å². The third kappa shape index (κ3) is 2.93. The Hall–Kier alpha value is -1.13. The van der Waals surface area contributed by atoms with Crippen molar-refractivity contribution >= 4 is 0 Å². The molecule has 4 heteroatoms. The molecule has 0 aliphatic carbocycles. The highest BCUT2D eigenvalue weighted by molar-refractivity contribution is 5.25. The van der Waals surface area contributed by atoms with Gasteiger partial charge in [-0.1, -0.05) is 0 Å². The molecule has 0 radical (unpaired) electrons. The molecule has 16 heavy (non-hydrogen) atoms. The minimum absolute atomic E-state index is 0.140. The van der Waals surface area contributed by atoms with Crippen LogP contribution in [0.15, 0.2) is 18.3 Å². The molecular formula is C12H18N2O2. The number of morpholine rings is 1. The third-order valence-corrected chi connectivity index (χ3v) is 2.71. The number of quaternary nitrogens is 1. The molecule has 1 aromatic heterocycles. The Morgan fingerprint density at radius 2 is 2.56 bits per heavy atom. The van der Waals surface area contributed by atoms with Crippen LogP contribution in [0.25, 0.3) is 0 Å². The second kappa shape index (κ2) is 5.27. The lowest BCUT2D eigenvalue weighted by Crippen LogP contribution is -3.10. The second-order valence-electron chi connectivity index (χ2n) is 4.09. The van der Waals surface area contributed by atoms with Crippen molar-refractivity contribution in [3.8, 4) is 5.75 Å². The summed E-state index contributed by atoms with van der Waals surface area (Å²) in [7, 11) is 3.99. The number of aryl methyl sites for hydroxylation is 1. The van der Waals surface area contributed by atoms with Crippen molar-refractivity contribution in [3.05, 3.63) is 31.1 Å². The Morgan fingerprint density at radius 3 is 3.31 bits per heavy atom. The SMILES string of the molecule is [CH2-][NH+]1CCOC(COc2cccnc2C)C1. The molecule has 0 saturated carbocycles. The van der Waals surface area contributed by atoms with Crippen LogP contribution in [-0.4, -0.2) is 37.4 Å². The number of ether oxygens (including phenoxy) is 2. The van der Waals surface area contributed by atoms with Gasteiger partial charge in [0, 0.05) is 6.20 Å². The zero-order valence-corrected chi connectivity index (χ0v) is 9.61. The van der Waals surface area contributed by atoms with Crippen LogP contribution in [0, 0.1) is 14.0 Å². The van der Waals surface area contributed by atoms with Crippen LogP contribution in [0.2, 0.25) is 0 Å². The smallest absolute Gasteiger partial charge is 0.140 e. The van der Waals surface area contributed by atoms with Crippen LogP contribution in [0.5, 0.6) is 5.75 Å². The van der Waals surface area contributed by atoms with Crippen LogP contribution in [-0.2, 0) is 4.74 Å². The summed E-state index contributed by atoms with van der Waals surface area (Å²) in [6.07, 6.45) is 1.90. The quantitative estimate of drug-likeness (QED) is 0.722. The molecule has 0 bridgehead atoms. The highest BCUT2D eigenvalue weighted by atomic mass is 16.5. The topological polar surface area (TPSA) is 35.8 Å². The fourth-order valence-electron chi connectivity index (χ4n) is 1.76. The fraction of sp³-hybridized carbons (Fsp3) is 0.500. The van der Waals surface area contributed by atoms with E-state index >= 15 is 0 Å². The summed E-state index contributed by atoms with van der Waals surface area (Å²) in [4.78, 5) is 5.43. The van der Waals surface area contributed by atoms with Crippen molar-refractivity contribution in [2.45, 2.75) is 13.0 Å². The van der Waals surface area contributed by atoms with Gasteiger partial charge in [0.15, 0.2) is 0 Å². The predicted octanol–water partition coefficient (Wildman–Crippen LogP) is -0.156. The van der Waals surface area contributed by atoms with Gasteiger partial charge in [0.05, 0.1) is 25.4 Å². The Labute approximate surface area is 96.2 Å². The highest BCUT2D eigenvalue weighted by Gasteiger charge is 2.19. The van der Waals surface area contributed by atoms with Crippen molar-refractivity contribution in [1.29, 1.82) is 0 Å². The maximum absolute atomic E-state index is 5.70. The summed E-state index contributed by atoms with van der Waals surface area (Å²) in [6, 6.07) is 3.81. The van der Waals surface area contributed by atoms with Gasteiger partial charge in [0.1, 0.15) is 18.5 Å². The van der Waals surface area contributed by atoms with E-state index < -0.39 is 0 Å². The van der Waals surface area contributed by atoms with E-state index in [0.717, 1.165) is 31.1 Å². The molecule has 2 atom stereocenters. The molecule has 4 nitrogen and oxygen atoms in total. The van der Waals surface area contributed by atoms with Crippen LogP contribution in [0.4, 0.5) is 0 Å². The monoisotopic (exact) mass is 222 g/mol. The van der Waals surface area contributed by atoms with E-state index in [4.69, 9.17) is 9.47 Å². The zero-order chi connectivity index (χ0) is 11.4. The minimum Gasteiger partial charge on any atom is -0.489 e. The first-order valence-electron chi connectivity index (χ1n) is 5.58. The molecule has 2 heterocycles. The molecule has 88 valence electrons. The average Bonchev–Trinajstić information content (AvgIpc) is 2.28. The highest BCUT2D eigenvalue weighted by Crippen LogP contribution is 2.13. The number of hydrogen-bond donors (Lipinski definition) is 1. The third-order valence-electron chi connectivity index (χ3n) is 2.71. The number of pyridine rings is 1. The molecule has 0 amide bonds. The molecule has 2 unspecified atom stereocenters. The Bertz CT molecular complexity index is 344. The van der Waals surface area contributed by atoms with Crippen molar-refractivity contribution in [3.63, 3.8) is 0 Å². The number of nitrogens with zero attached hydrogens (tertiary/aromatic N) is 1. The van der Waals surface area contributed by atoms with Crippen molar-refractivity contribution < 1.29 is 14.4 Å². The summed E-state index contributed by atoms with van der Waals surface area (Å²) >= 11 is 0. The predicted molar refractivity (Wildman–Crippen MR) is 60.3 cm³/mol. The summed E-state index contributed by atoms with van der Waals surface area (Å²) in [5, 5.41) is 0. The molecule has 1 aliphatic heterocycles. The van der Waals surface area contributed by atoms with Crippen LogP contribution in [0.3, 0.4) is 0 Å². The maximum Gasteiger partial charge on any atom is 0.140 e. The molecule has 1 N–H and O–H groups in total. The van der Waals surface area contributed by atoms with E-state index in [-0.39, 0.29) is 6.10 Å². The standard InChI is InChI=1S/C12H18N2O2/c1-10-12(4-3-5-13-10)16-9-11-8-14(2)6-7-15-11/h3-5,11,14H,2,6-9H2,1H3. The average molecular weight is 222 g/mol. The van der Waals surface area contributed by atoms with E-state index in [2.05, 4.69) is 12.0 Å². The van der Waals surface area contributed by atoms with Gasteiger partial charge in [-0.2, -0.15) is 7.05 Å². The van der Waals surface area contributed by atoms with Crippen molar-refractivity contribution in [1.82, 2.24) is 4.98 Å². The maximum atomic E-state index is 5.70. The normalized spacial score (nSPS) is 25.4. The van der Waals surface area contributed by atoms with Gasteiger partial charge >= 0.3 is 0 Å². The number of hydrogen-bond acceptors (Lipinski definition) is 3. The van der Waals surface area contributed by atoms with E-state index in [0.29, 0.717) is 6.61 Å². The van der Waals surface area contributed by atoms with Gasteiger partial charge in [-0.25, -0.2) is 0 Å². The number of nitrogens with one attached hydrogen (secondary N) is 1. The van der Waals surface area contributed by atoms with Crippen LogP contribution < -0.4 is 9.64 Å². The van der Waals surface area contributed by atoms with Gasteiger partial charge in [-0.05, 0) is 19.1 Å². The molecule has 1 saturated heterocycles. The molecule has 1 aliphatic rings. The van der Waals surface area contributed by atoms with E-state index in [9.17, 15) is 0 Å². The summed E-state index contributed by atoms with van der Waals surface area (Å²) in [5.74, 6) is 0.835. The van der Waals surface area contributed by atoms with E-state index in [1.54, 1.807) is 6.20 Å². The van der Waals surface area contributed by atoms with Gasteiger partial charge < -0.3 is 14.4 Å². The van der Waals surface area contributed by atoms with Crippen LogP contribution in [0.1, 0.15) is 5.69 Å². The van der Waals surface area contributed by atoms with Crippen molar-refractivity contribution in [2.24, 2.45) is 0 Å². The fourth-order valence-corrected chi connectivity index (χ4v) is 1.76. The van der Waals surface area contributed by atoms with Gasteiger partial charge in [0.2, 0.25) is 0 Å². The Kier molecular flexibility index (Phi) is 3.74. The number of aromatic nitrogens is 1. The summed E-state index contributed by atoms with van der Waals surface area (Å²) < 4.78 is 11.3. The lowest BCUT2D eigenvalue weighted by Gasteiger charge is -2.31. The van der Waals surface area contributed by atoms with Gasteiger partial charge in [-0.15, -0.1) is 0 Å². The lowest BCUT2D eigenvalue weighted by molar-refractivity contribution is -0.867. The van der Waals surface area contributed by atoms with E-state index in [1.807, 2.05) is 19.1 Å². The summed E-state index contributed by atoms with van der Waals surface area (Å²) in [6.45, 7) is 5.15. The first-order valence-corrected chi connectivity index (χ1v) is 5.58.